The second-order valence-electron chi connectivity index (χ2n) is 14.6. The first kappa shape index (κ1) is 34.8. The zero-order valence-electron chi connectivity index (χ0n) is 32.2. The molecule has 4 aromatic heterocycles. The fourth-order valence-corrected chi connectivity index (χ4v) is 8.23. The minimum atomic E-state index is 0.515. The van der Waals surface area contributed by atoms with Gasteiger partial charge in [-0.15, -0.1) is 0 Å². The van der Waals surface area contributed by atoms with Crippen molar-refractivity contribution in [3.05, 3.63) is 206 Å². The van der Waals surface area contributed by atoms with E-state index in [1.165, 1.54) is 5.39 Å². The number of benzene rings is 7. The monoisotopic (exact) mass is 767 g/mol. The van der Waals surface area contributed by atoms with Crippen LogP contribution in [-0.4, -0.2) is 28.9 Å². The third kappa shape index (κ3) is 5.99. The molecule has 0 aliphatic carbocycles. The van der Waals surface area contributed by atoms with Crippen LogP contribution < -0.4 is 0 Å². The third-order valence-corrected chi connectivity index (χ3v) is 11.1. The Morgan fingerprint density at radius 1 is 0.400 bits per heavy atom. The average Bonchev–Trinajstić information content (AvgIpc) is 3.88. The van der Waals surface area contributed by atoms with E-state index in [-0.39, 0.29) is 0 Å². The summed E-state index contributed by atoms with van der Waals surface area (Å²) in [6.45, 7) is 0. The number of nitrogens with zero attached hydrogens (tertiary/aromatic N) is 7. The smallest absolute Gasteiger partial charge is 0.164 e. The van der Waals surface area contributed by atoms with Gasteiger partial charge in [-0.1, -0.05) is 146 Å². The first-order chi connectivity index (χ1) is 29.7. The van der Waals surface area contributed by atoms with Gasteiger partial charge < -0.3 is 4.57 Å². The van der Waals surface area contributed by atoms with Crippen LogP contribution in [0.2, 0.25) is 0 Å². The number of rotatable bonds is 7. The van der Waals surface area contributed by atoms with Gasteiger partial charge >= 0.3 is 0 Å². The van der Waals surface area contributed by atoms with Gasteiger partial charge in [0.05, 0.1) is 11.0 Å². The molecule has 7 nitrogen and oxygen atoms in total. The van der Waals surface area contributed by atoms with E-state index in [4.69, 9.17) is 19.9 Å². The van der Waals surface area contributed by atoms with Crippen LogP contribution in [0.25, 0.3) is 101 Å². The molecule has 0 amide bonds. The summed E-state index contributed by atoms with van der Waals surface area (Å²) in [5, 5.41) is 12.5. The van der Waals surface area contributed by atoms with E-state index in [1.54, 1.807) is 0 Å². The van der Waals surface area contributed by atoms with Crippen LogP contribution in [0.15, 0.2) is 200 Å². The molecule has 280 valence electrons. The van der Waals surface area contributed by atoms with Crippen LogP contribution >= 0.6 is 0 Å². The molecule has 4 heterocycles. The minimum absolute atomic E-state index is 0.515. The summed E-state index contributed by atoms with van der Waals surface area (Å²) >= 11 is 0. The fourth-order valence-electron chi connectivity index (χ4n) is 8.23. The van der Waals surface area contributed by atoms with Crippen molar-refractivity contribution in [2.75, 3.05) is 0 Å². The molecule has 0 fully saturated rings. The summed E-state index contributed by atoms with van der Waals surface area (Å²) in [7, 11) is 0. The maximum absolute atomic E-state index is 10.1. The zero-order chi connectivity index (χ0) is 40.0. The molecular formula is C53H33N7. The Morgan fingerprint density at radius 2 is 1.00 bits per heavy atom. The van der Waals surface area contributed by atoms with Crippen LogP contribution in [-0.2, 0) is 0 Å². The highest BCUT2D eigenvalue weighted by molar-refractivity contribution is 6.10. The van der Waals surface area contributed by atoms with Crippen molar-refractivity contribution < 1.29 is 0 Å². The molecule has 0 saturated carbocycles. The first-order valence-corrected chi connectivity index (χ1v) is 19.8. The molecule has 7 aromatic carbocycles. The number of imidazole rings is 1. The summed E-state index contributed by atoms with van der Waals surface area (Å²) in [6.07, 6.45) is 1.88. The van der Waals surface area contributed by atoms with Crippen LogP contribution in [0.4, 0.5) is 0 Å². The van der Waals surface area contributed by atoms with Gasteiger partial charge in [-0.05, 0) is 70.8 Å². The lowest BCUT2D eigenvalue weighted by Gasteiger charge is -2.16. The average molecular weight is 768 g/mol. The number of fused-ring (bicyclic) bond motifs is 4. The van der Waals surface area contributed by atoms with Gasteiger partial charge in [0.2, 0.25) is 0 Å². The van der Waals surface area contributed by atoms with Gasteiger partial charge in [0.25, 0.3) is 0 Å². The largest absolute Gasteiger partial charge is 0.309 e. The molecule has 60 heavy (non-hydrogen) atoms. The number of aromatic nitrogens is 6. The van der Waals surface area contributed by atoms with Crippen molar-refractivity contribution in [1.82, 2.24) is 28.9 Å². The predicted octanol–water partition coefficient (Wildman–Crippen LogP) is 12.5. The van der Waals surface area contributed by atoms with E-state index in [9.17, 15) is 5.26 Å². The summed E-state index contributed by atoms with van der Waals surface area (Å²) < 4.78 is 4.19. The lowest BCUT2D eigenvalue weighted by molar-refractivity contribution is 1.07. The highest BCUT2D eigenvalue weighted by atomic mass is 15.0. The van der Waals surface area contributed by atoms with Crippen LogP contribution in [0.5, 0.6) is 0 Å². The van der Waals surface area contributed by atoms with Crippen LogP contribution in [0.1, 0.15) is 5.69 Å². The van der Waals surface area contributed by atoms with E-state index >= 15 is 0 Å². The topological polar surface area (TPSA) is 84.7 Å². The Labute approximate surface area is 345 Å². The molecule has 0 spiro atoms. The maximum atomic E-state index is 10.1. The van der Waals surface area contributed by atoms with Crippen molar-refractivity contribution in [3.63, 3.8) is 0 Å². The normalized spacial score (nSPS) is 11.3. The van der Waals surface area contributed by atoms with Crippen LogP contribution in [0.3, 0.4) is 0 Å². The van der Waals surface area contributed by atoms with Crippen LogP contribution in [0, 0.1) is 11.3 Å². The van der Waals surface area contributed by atoms with E-state index < -0.39 is 0 Å². The van der Waals surface area contributed by atoms with E-state index in [0.29, 0.717) is 28.9 Å². The summed E-state index contributed by atoms with van der Waals surface area (Å²) in [5.74, 6) is 1.83. The second kappa shape index (κ2) is 14.5. The number of hydrogen-bond donors (Lipinski definition) is 0. The Bertz CT molecular complexity index is 3380. The Kier molecular flexibility index (Phi) is 8.39. The number of para-hydroxylation sites is 1. The zero-order valence-corrected chi connectivity index (χ0v) is 32.2. The molecule has 0 saturated heterocycles. The maximum Gasteiger partial charge on any atom is 0.164 e. The van der Waals surface area contributed by atoms with Gasteiger partial charge in [0.15, 0.2) is 23.2 Å². The Hall–Kier alpha value is -8.47. The number of hydrogen-bond acceptors (Lipinski definition) is 5. The minimum Gasteiger partial charge on any atom is -0.309 e. The van der Waals surface area contributed by atoms with E-state index in [1.807, 2.05) is 108 Å². The van der Waals surface area contributed by atoms with Gasteiger partial charge in [-0.2, -0.15) is 5.26 Å². The third-order valence-electron chi connectivity index (χ3n) is 11.1. The lowest BCUT2D eigenvalue weighted by Crippen LogP contribution is -2.02. The summed E-state index contributed by atoms with van der Waals surface area (Å²) in [6, 6.07) is 68.8. The molecule has 0 atom stereocenters. The van der Waals surface area contributed by atoms with Crippen molar-refractivity contribution in [3.8, 4) is 79.4 Å². The highest BCUT2D eigenvalue weighted by Gasteiger charge is 2.20. The SMILES string of the molecule is N#Cc1c(-c2cccc(-c3ccc4c5ccccc5n(-c5ccc(-c6nc(-c7ccccc7)nc(-c7ccccc7)n6)c(-c6ccccc6)c5)c4c3)c2)nc2ccccn12. The molecule has 0 bridgehead atoms. The first-order valence-electron chi connectivity index (χ1n) is 19.8. The summed E-state index contributed by atoms with van der Waals surface area (Å²) in [4.78, 5) is 20.0. The fraction of sp³-hybridized carbons (Fsp3) is 0. The van der Waals surface area contributed by atoms with Gasteiger partial charge in [-0.25, -0.2) is 19.9 Å². The molecule has 7 heteroatoms. The molecule has 0 radical (unpaired) electrons. The molecular weight excluding hydrogens is 735 g/mol. The Morgan fingerprint density at radius 3 is 1.73 bits per heavy atom. The van der Waals surface area contributed by atoms with Gasteiger partial charge in [0.1, 0.15) is 17.4 Å². The van der Waals surface area contributed by atoms with E-state index in [2.05, 4.69) is 108 Å². The van der Waals surface area contributed by atoms with Gasteiger partial charge in [0, 0.05) is 44.9 Å². The molecule has 0 aliphatic rings. The van der Waals surface area contributed by atoms with Crippen molar-refractivity contribution >= 4 is 27.5 Å². The van der Waals surface area contributed by atoms with Crippen molar-refractivity contribution in [2.45, 2.75) is 0 Å². The number of nitriles is 1. The molecule has 11 rings (SSSR count). The highest BCUT2D eigenvalue weighted by Crippen LogP contribution is 2.39. The van der Waals surface area contributed by atoms with Crippen molar-refractivity contribution in [1.29, 1.82) is 5.26 Å². The molecule has 0 N–H and O–H groups in total. The van der Waals surface area contributed by atoms with Gasteiger partial charge in [-0.3, -0.25) is 4.40 Å². The van der Waals surface area contributed by atoms with Crippen molar-refractivity contribution in [2.24, 2.45) is 0 Å². The standard InChI is InChI=1S/C53H33N7/c54-34-48-50(55-49-25-12-13-30-59(48)49)40-22-14-21-38(31-40)39-26-28-43-42-23-10-11-24-46(42)60(47(43)32-39)41-27-29-44(45(33-41)35-15-4-1-5-16-35)53-57-51(36-17-6-2-7-18-36)56-52(58-53)37-19-8-3-9-20-37/h1-33H. The molecule has 0 unspecified atom stereocenters. The lowest BCUT2D eigenvalue weighted by atomic mass is 9.98. The molecule has 11 aromatic rings. The Balaban J connectivity index is 1.09. The number of pyridine rings is 1. The predicted molar refractivity (Wildman–Crippen MR) is 240 cm³/mol. The second-order valence-corrected chi connectivity index (χ2v) is 14.6. The van der Waals surface area contributed by atoms with E-state index in [0.717, 1.165) is 72.3 Å². The quantitative estimate of drug-likeness (QED) is 0.161. The molecule has 0 aliphatic heterocycles. The summed E-state index contributed by atoms with van der Waals surface area (Å²) in [5.41, 5.74) is 12.9.